The van der Waals surface area contributed by atoms with Gasteiger partial charge in [-0.05, 0) is 0 Å². The molecule has 0 unspecified atom stereocenters. The highest BCUT2D eigenvalue weighted by Crippen LogP contribution is 2.08. The molecule has 0 bridgehead atoms. The lowest BCUT2D eigenvalue weighted by Gasteiger charge is -1.91. The molecule has 48 valence electrons. The predicted octanol–water partition coefficient (Wildman–Crippen LogP) is 0.851. The Labute approximate surface area is 55.7 Å². The second-order valence-electron chi connectivity index (χ2n) is 1.37. The van der Waals surface area contributed by atoms with Crippen molar-refractivity contribution in [2.75, 3.05) is 5.73 Å². The van der Waals surface area contributed by atoms with Gasteiger partial charge in [0.15, 0.2) is 11.0 Å². The smallest absolute Gasteiger partial charge is 0.221 e. The number of nitrogens with two attached hydrogens (primary N) is 1. The number of aromatic nitrogens is 2. The van der Waals surface area contributed by atoms with Gasteiger partial charge in [-0.2, -0.15) is 4.98 Å². The van der Waals surface area contributed by atoms with E-state index >= 15 is 0 Å². The molecule has 0 aliphatic carbocycles. The third-order valence-corrected chi connectivity index (χ3v) is 0.985. The minimum Gasteiger partial charge on any atom is -0.368 e. The van der Waals surface area contributed by atoms with Gasteiger partial charge >= 0.3 is 0 Å². The third kappa shape index (κ3) is 1.26. The Morgan fingerprint density at radius 2 is 2.33 bits per heavy atom. The molecule has 0 spiro atoms. The Kier molecular flexibility index (Phi) is 1.48. The van der Waals surface area contributed by atoms with Crippen molar-refractivity contribution in [3.05, 3.63) is 17.2 Å². The van der Waals surface area contributed by atoms with E-state index in [0.717, 1.165) is 6.20 Å². The summed E-state index contributed by atoms with van der Waals surface area (Å²) in [5.74, 6) is -0.688. The van der Waals surface area contributed by atoms with Gasteiger partial charge in [-0.1, -0.05) is 11.6 Å². The number of anilines is 1. The standard InChI is InChI=1S/C4H3ClFN3/c5-3-2(6)1-8-4(7)9-3/h1H,(H2,7,8,9). The van der Waals surface area contributed by atoms with E-state index in [0.29, 0.717) is 0 Å². The van der Waals surface area contributed by atoms with Crippen LogP contribution in [0.3, 0.4) is 0 Å². The van der Waals surface area contributed by atoms with E-state index in [1.165, 1.54) is 0 Å². The summed E-state index contributed by atoms with van der Waals surface area (Å²) in [4.78, 5) is 6.68. The highest BCUT2D eigenvalue weighted by molar-refractivity contribution is 6.29. The first kappa shape index (κ1) is 6.22. The van der Waals surface area contributed by atoms with Crippen molar-refractivity contribution in [3.8, 4) is 0 Å². The van der Waals surface area contributed by atoms with E-state index in [-0.39, 0.29) is 11.1 Å². The molecule has 9 heavy (non-hydrogen) atoms. The fourth-order valence-corrected chi connectivity index (χ4v) is 0.494. The molecule has 1 aromatic heterocycles. The summed E-state index contributed by atoms with van der Waals surface area (Å²) in [6.07, 6.45) is 0.921. The molecule has 1 rings (SSSR count). The zero-order chi connectivity index (χ0) is 6.85. The SMILES string of the molecule is Nc1ncc(F)c(Cl)n1. The van der Waals surface area contributed by atoms with Crippen molar-refractivity contribution < 1.29 is 4.39 Å². The first-order valence-electron chi connectivity index (χ1n) is 2.13. The Bertz CT molecular complexity index is 227. The van der Waals surface area contributed by atoms with Crippen molar-refractivity contribution in [1.29, 1.82) is 0 Å². The van der Waals surface area contributed by atoms with Crippen LogP contribution in [0.1, 0.15) is 0 Å². The number of rotatable bonds is 0. The molecule has 0 atom stereocenters. The molecule has 0 aromatic carbocycles. The van der Waals surface area contributed by atoms with E-state index in [4.69, 9.17) is 17.3 Å². The Balaban J connectivity index is 3.17. The van der Waals surface area contributed by atoms with Gasteiger partial charge in [0.1, 0.15) is 0 Å². The van der Waals surface area contributed by atoms with Crippen molar-refractivity contribution >= 4 is 17.5 Å². The second kappa shape index (κ2) is 2.14. The van der Waals surface area contributed by atoms with Gasteiger partial charge in [0.05, 0.1) is 6.20 Å². The van der Waals surface area contributed by atoms with Gasteiger partial charge in [0.25, 0.3) is 0 Å². The first-order chi connectivity index (χ1) is 4.20. The molecule has 0 radical (unpaired) electrons. The van der Waals surface area contributed by atoms with Gasteiger partial charge in [-0.15, -0.1) is 0 Å². The zero-order valence-corrected chi connectivity index (χ0v) is 5.06. The van der Waals surface area contributed by atoms with Gasteiger partial charge < -0.3 is 5.73 Å². The van der Waals surface area contributed by atoms with E-state index in [1.54, 1.807) is 0 Å². The molecular formula is C4H3ClFN3. The zero-order valence-electron chi connectivity index (χ0n) is 4.31. The molecule has 3 nitrogen and oxygen atoms in total. The number of nitrogens with zero attached hydrogens (tertiary/aromatic N) is 2. The maximum absolute atomic E-state index is 12.2. The fraction of sp³-hybridized carbons (Fsp3) is 0. The van der Waals surface area contributed by atoms with E-state index < -0.39 is 5.82 Å². The van der Waals surface area contributed by atoms with Crippen LogP contribution in [0.5, 0.6) is 0 Å². The van der Waals surface area contributed by atoms with Crippen LogP contribution >= 0.6 is 11.6 Å². The van der Waals surface area contributed by atoms with Crippen molar-refractivity contribution in [2.24, 2.45) is 0 Å². The quantitative estimate of drug-likeness (QED) is 0.554. The van der Waals surface area contributed by atoms with Crippen molar-refractivity contribution in [2.45, 2.75) is 0 Å². The second-order valence-corrected chi connectivity index (χ2v) is 1.72. The van der Waals surface area contributed by atoms with Gasteiger partial charge in [-0.3, -0.25) is 0 Å². The molecule has 0 fully saturated rings. The number of hydrogen-bond donors (Lipinski definition) is 1. The number of hydrogen-bond acceptors (Lipinski definition) is 3. The summed E-state index contributed by atoms with van der Waals surface area (Å²) in [7, 11) is 0. The largest absolute Gasteiger partial charge is 0.368 e. The predicted molar refractivity (Wildman–Crippen MR) is 31.4 cm³/mol. The lowest BCUT2D eigenvalue weighted by atomic mass is 10.6. The van der Waals surface area contributed by atoms with Crippen LogP contribution in [0.2, 0.25) is 5.15 Å². The van der Waals surface area contributed by atoms with Crippen LogP contribution in [0, 0.1) is 5.82 Å². The summed E-state index contributed by atoms with van der Waals surface area (Å²) >= 11 is 5.21. The molecule has 1 aromatic rings. The summed E-state index contributed by atoms with van der Waals surface area (Å²) in [5.41, 5.74) is 5.05. The maximum atomic E-state index is 12.2. The van der Waals surface area contributed by atoms with Crippen molar-refractivity contribution in [1.82, 2.24) is 9.97 Å². The van der Waals surface area contributed by atoms with E-state index in [1.807, 2.05) is 0 Å². The van der Waals surface area contributed by atoms with Crippen LogP contribution in [0.4, 0.5) is 10.3 Å². The Hall–Kier alpha value is -0.900. The molecule has 0 aliphatic rings. The maximum Gasteiger partial charge on any atom is 0.221 e. The first-order valence-corrected chi connectivity index (χ1v) is 2.51. The monoisotopic (exact) mass is 147 g/mol. The lowest BCUT2D eigenvalue weighted by molar-refractivity contribution is 0.615. The van der Waals surface area contributed by atoms with Gasteiger partial charge in [0, 0.05) is 0 Å². The molecule has 0 aliphatic heterocycles. The highest BCUT2D eigenvalue weighted by Gasteiger charge is 1.99. The van der Waals surface area contributed by atoms with Gasteiger partial charge in [0.2, 0.25) is 5.95 Å². The molecule has 5 heteroatoms. The topological polar surface area (TPSA) is 51.8 Å². The number of nitrogen functional groups attached to an aromatic ring is 1. The molecule has 0 saturated heterocycles. The minimum absolute atomic E-state index is 0.0265. The Morgan fingerprint density at radius 1 is 1.67 bits per heavy atom. The van der Waals surface area contributed by atoms with E-state index in [9.17, 15) is 4.39 Å². The van der Waals surface area contributed by atoms with Crippen LogP contribution in [0.25, 0.3) is 0 Å². The summed E-state index contributed by atoms with van der Waals surface area (Å²) in [5, 5.41) is -0.248. The molecular weight excluding hydrogens is 145 g/mol. The normalized spacial score (nSPS) is 9.56. The van der Waals surface area contributed by atoms with Crippen LogP contribution in [-0.2, 0) is 0 Å². The minimum atomic E-state index is -0.661. The van der Waals surface area contributed by atoms with Crippen LogP contribution < -0.4 is 5.73 Å². The van der Waals surface area contributed by atoms with Gasteiger partial charge in [-0.25, -0.2) is 9.37 Å². The molecule has 2 N–H and O–H groups in total. The summed E-state index contributed by atoms with van der Waals surface area (Å²) in [6, 6.07) is 0. The fourth-order valence-electron chi connectivity index (χ4n) is 0.359. The average Bonchev–Trinajstić information content (AvgIpc) is 1.80. The summed E-state index contributed by atoms with van der Waals surface area (Å²) < 4.78 is 12.2. The highest BCUT2D eigenvalue weighted by atomic mass is 35.5. The average molecular weight is 148 g/mol. The van der Waals surface area contributed by atoms with Crippen molar-refractivity contribution in [3.63, 3.8) is 0 Å². The molecule has 1 heterocycles. The third-order valence-electron chi connectivity index (χ3n) is 0.720. The molecule has 0 saturated carbocycles. The lowest BCUT2D eigenvalue weighted by Crippen LogP contribution is -1.95. The Morgan fingerprint density at radius 3 is 2.78 bits per heavy atom. The van der Waals surface area contributed by atoms with E-state index in [2.05, 4.69) is 9.97 Å². The summed E-state index contributed by atoms with van der Waals surface area (Å²) in [6.45, 7) is 0. The van der Waals surface area contributed by atoms with Crippen LogP contribution in [-0.4, -0.2) is 9.97 Å². The molecule has 0 amide bonds. The van der Waals surface area contributed by atoms with Crippen LogP contribution in [0.15, 0.2) is 6.20 Å². The number of halogens is 2.